The van der Waals surface area contributed by atoms with E-state index >= 15 is 0 Å². The van der Waals surface area contributed by atoms with Crippen LogP contribution in [-0.4, -0.2) is 25.6 Å². The van der Waals surface area contributed by atoms with Crippen LogP contribution < -0.4 is 10.2 Å². The molecule has 0 unspecified atom stereocenters. The molecule has 0 aromatic carbocycles. The molecule has 0 bridgehead atoms. The van der Waals surface area contributed by atoms with Gasteiger partial charge < -0.3 is 10.2 Å². The van der Waals surface area contributed by atoms with Crippen molar-refractivity contribution < 1.29 is 0 Å². The number of thiazole rings is 1. The van der Waals surface area contributed by atoms with E-state index in [1.807, 2.05) is 14.1 Å². The summed E-state index contributed by atoms with van der Waals surface area (Å²) in [6.07, 6.45) is 0. The van der Waals surface area contributed by atoms with Gasteiger partial charge in [-0.2, -0.15) is 0 Å². The van der Waals surface area contributed by atoms with Gasteiger partial charge in [0.05, 0.1) is 5.69 Å². The Morgan fingerprint density at radius 2 is 1.88 bits per heavy atom. The quantitative estimate of drug-likeness (QED) is 0.846. The average Bonchev–Trinajstić information content (AvgIpc) is 2.61. The highest BCUT2D eigenvalue weighted by atomic mass is 32.1. The molecule has 1 aromatic rings. The molecule has 0 fully saturated rings. The standard InChI is InChI=1S/C13H25N3S/c1-9(2)7-14-8-11-12(10(3)4)15-13(17-11)16(5)6/h9-10,14H,7-8H2,1-6H3. The largest absolute Gasteiger partial charge is 0.354 e. The minimum atomic E-state index is 0.496. The summed E-state index contributed by atoms with van der Waals surface area (Å²) in [7, 11) is 4.10. The van der Waals surface area contributed by atoms with Crippen LogP contribution in [0.4, 0.5) is 5.13 Å². The average molecular weight is 255 g/mol. The first-order valence-corrected chi connectivity index (χ1v) is 7.11. The predicted octanol–water partition coefficient (Wildman–Crippen LogP) is 3.08. The maximum Gasteiger partial charge on any atom is 0.185 e. The molecule has 1 rings (SSSR count). The van der Waals surface area contributed by atoms with Gasteiger partial charge in [-0.05, 0) is 18.4 Å². The van der Waals surface area contributed by atoms with Crippen molar-refractivity contribution in [3.8, 4) is 0 Å². The molecule has 0 aliphatic rings. The second kappa shape index (κ2) is 6.36. The van der Waals surface area contributed by atoms with Crippen LogP contribution in [0, 0.1) is 5.92 Å². The minimum Gasteiger partial charge on any atom is -0.354 e. The molecule has 0 radical (unpaired) electrons. The van der Waals surface area contributed by atoms with E-state index in [-0.39, 0.29) is 0 Å². The monoisotopic (exact) mass is 255 g/mol. The molecule has 0 aliphatic carbocycles. The highest BCUT2D eigenvalue weighted by Gasteiger charge is 2.14. The maximum absolute atomic E-state index is 4.71. The van der Waals surface area contributed by atoms with Crippen molar-refractivity contribution in [2.75, 3.05) is 25.5 Å². The summed E-state index contributed by atoms with van der Waals surface area (Å²) >= 11 is 1.80. The molecule has 1 N–H and O–H groups in total. The molecule has 98 valence electrons. The van der Waals surface area contributed by atoms with Crippen LogP contribution in [0.5, 0.6) is 0 Å². The molecule has 0 spiro atoms. The van der Waals surface area contributed by atoms with Crippen molar-refractivity contribution in [1.29, 1.82) is 0 Å². The van der Waals surface area contributed by atoms with Gasteiger partial charge in [0.2, 0.25) is 0 Å². The molecule has 0 saturated heterocycles. The Bertz CT molecular complexity index is 342. The molecule has 4 heteroatoms. The van der Waals surface area contributed by atoms with Crippen LogP contribution >= 0.6 is 11.3 Å². The first-order chi connectivity index (χ1) is 7.91. The van der Waals surface area contributed by atoms with E-state index in [9.17, 15) is 0 Å². The Hall–Kier alpha value is -0.610. The number of nitrogens with one attached hydrogen (secondary N) is 1. The number of aromatic nitrogens is 1. The SMILES string of the molecule is CC(C)CNCc1sc(N(C)C)nc1C(C)C. The Balaban J connectivity index is 2.74. The summed E-state index contributed by atoms with van der Waals surface area (Å²) in [5.41, 5.74) is 1.25. The van der Waals surface area contributed by atoms with Gasteiger partial charge in [0.25, 0.3) is 0 Å². The fourth-order valence-corrected chi connectivity index (χ4v) is 2.70. The molecular weight excluding hydrogens is 230 g/mol. The van der Waals surface area contributed by atoms with E-state index in [4.69, 9.17) is 4.98 Å². The summed E-state index contributed by atoms with van der Waals surface area (Å²) in [4.78, 5) is 8.18. The van der Waals surface area contributed by atoms with Crippen molar-refractivity contribution in [3.63, 3.8) is 0 Å². The molecule has 3 nitrogen and oxygen atoms in total. The van der Waals surface area contributed by atoms with E-state index in [0.717, 1.165) is 18.2 Å². The number of hydrogen-bond acceptors (Lipinski definition) is 4. The smallest absolute Gasteiger partial charge is 0.185 e. The zero-order chi connectivity index (χ0) is 13.0. The number of hydrogen-bond donors (Lipinski definition) is 1. The van der Waals surface area contributed by atoms with Crippen LogP contribution in [0.3, 0.4) is 0 Å². The fourth-order valence-electron chi connectivity index (χ4n) is 1.59. The van der Waals surface area contributed by atoms with Gasteiger partial charge in [-0.25, -0.2) is 4.98 Å². The maximum atomic E-state index is 4.71. The van der Waals surface area contributed by atoms with Crippen LogP contribution in [0.1, 0.15) is 44.2 Å². The molecule has 0 aliphatic heterocycles. The molecule has 0 amide bonds. The molecule has 0 saturated carbocycles. The van der Waals surface area contributed by atoms with E-state index in [1.165, 1.54) is 10.6 Å². The Morgan fingerprint density at radius 3 is 2.35 bits per heavy atom. The van der Waals surface area contributed by atoms with Crippen molar-refractivity contribution in [2.24, 2.45) is 5.92 Å². The lowest BCUT2D eigenvalue weighted by atomic mass is 10.1. The first-order valence-electron chi connectivity index (χ1n) is 6.29. The Kier molecular flexibility index (Phi) is 5.40. The topological polar surface area (TPSA) is 28.2 Å². The summed E-state index contributed by atoms with van der Waals surface area (Å²) in [6, 6.07) is 0. The molecule has 1 heterocycles. The third-order valence-electron chi connectivity index (χ3n) is 2.48. The first kappa shape index (κ1) is 14.5. The fraction of sp³-hybridized carbons (Fsp3) is 0.769. The summed E-state index contributed by atoms with van der Waals surface area (Å²) in [5, 5.41) is 4.61. The molecule has 1 aromatic heterocycles. The van der Waals surface area contributed by atoms with Gasteiger partial charge in [-0.15, -0.1) is 11.3 Å². The van der Waals surface area contributed by atoms with Crippen LogP contribution in [-0.2, 0) is 6.54 Å². The number of rotatable bonds is 6. The number of anilines is 1. The third-order valence-corrected chi connectivity index (χ3v) is 3.72. The minimum absolute atomic E-state index is 0.496. The van der Waals surface area contributed by atoms with Gasteiger partial charge in [0.15, 0.2) is 5.13 Å². The second-order valence-electron chi connectivity index (χ2n) is 5.38. The van der Waals surface area contributed by atoms with E-state index in [2.05, 4.69) is 37.9 Å². The van der Waals surface area contributed by atoms with Crippen molar-refractivity contribution in [2.45, 2.75) is 40.2 Å². The highest BCUT2D eigenvalue weighted by Crippen LogP contribution is 2.29. The lowest BCUT2D eigenvalue weighted by molar-refractivity contribution is 0.552. The van der Waals surface area contributed by atoms with Gasteiger partial charge in [0, 0.05) is 25.5 Å². The van der Waals surface area contributed by atoms with Crippen LogP contribution in [0.15, 0.2) is 0 Å². The predicted molar refractivity (Wildman–Crippen MR) is 77.1 cm³/mol. The van der Waals surface area contributed by atoms with Crippen LogP contribution in [0.25, 0.3) is 0 Å². The summed E-state index contributed by atoms with van der Waals surface area (Å²) in [5.74, 6) is 1.19. The normalized spacial score (nSPS) is 11.5. The van der Waals surface area contributed by atoms with E-state index in [0.29, 0.717) is 11.8 Å². The third kappa shape index (κ3) is 4.28. The van der Waals surface area contributed by atoms with E-state index < -0.39 is 0 Å². The molecule has 0 atom stereocenters. The molecular formula is C13H25N3S. The summed E-state index contributed by atoms with van der Waals surface area (Å²) < 4.78 is 0. The van der Waals surface area contributed by atoms with Crippen LogP contribution in [0.2, 0.25) is 0 Å². The van der Waals surface area contributed by atoms with Gasteiger partial charge in [-0.3, -0.25) is 0 Å². The Labute approximate surface area is 109 Å². The van der Waals surface area contributed by atoms with Crippen molar-refractivity contribution in [3.05, 3.63) is 10.6 Å². The highest BCUT2D eigenvalue weighted by molar-refractivity contribution is 7.15. The van der Waals surface area contributed by atoms with E-state index in [1.54, 1.807) is 11.3 Å². The lowest BCUT2D eigenvalue weighted by Crippen LogP contribution is -2.19. The number of nitrogens with zero attached hydrogens (tertiary/aromatic N) is 2. The second-order valence-corrected chi connectivity index (χ2v) is 6.44. The zero-order valence-electron chi connectivity index (χ0n) is 11.9. The van der Waals surface area contributed by atoms with Crippen molar-refractivity contribution >= 4 is 16.5 Å². The van der Waals surface area contributed by atoms with Gasteiger partial charge in [0.1, 0.15) is 0 Å². The van der Waals surface area contributed by atoms with Gasteiger partial charge in [-0.1, -0.05) is 27.7 Å². The lowest BCUT2D eigenvalue weighted by Gasteiger charge is -2.08. The molecule has 17 heavy (non-hydrogen) atoms. The van der Waals surface area contributed by atoms with Gasteiger partial charge >= 0.3 is 0 Å². The van der Waals surface area contributed by atoms with Crippen molar-refractivity contribution in [1.82, 2.24) is 10.3 Å². The zero-order valence-corrected chi connectivity index (χ0v) is 12.7. The Morgan fingerprint density at radius 1 is 1.24 bits per heavy atom. The summed E-state index contributed by atoms with van der Waals surface area (Å²) in [6.45, 7) is 10.9.